The Hall–Kier alpha value is -2.57. The number of hydrogen-bond acceptors (Lipinski definition) is 3. The van der Waals surface area contributed by atoms with E-state index in [4.69, 9.17) is 23.2 Å². The minimum Gasteiger partial charge on any atom is -0.505 e. The molecule has 158 valence electrons. The molecule has 0 spiro atoms. The van der Waals surface area contributed by atoms with E-state index in [1.54, 1.807) is 13.8 Å². The van der Waals surface area contributed by atoms with Crippen molar-refractivity contribution in [3.05, 3.63) is 63.0 Å². The number of aliphatic carboxylic acids is 1. The number of carbonyl (C=O) groups is 2. The molecule has 2 atom stereocenters. The van der Waals surface area contributed by atoms with Gasteiger partial charge in [-0.05, 0) is 42.7 Å². The Morgan fingerprint density at radius 3 is 2.40 bits per heavy atom. The van der Waals surface area contributed by atoms with Gasteiger partial charge in [-0.3, -0.25) is 14.2 Å². The zero-order valence-corrected chi connectivity index (χ0v) is 18.1. The SMILES string of the molecule is CCC(C)[C@@H](C(=O)O)c1c(C)n(C(=O)c2ccc(Cl)c(Cl)c2)c2cc(F)c(O)cc12. The fourth-order valence-electron chi connectivity index (χ4n) is 3.75. The largest absolute Gasteiger partial charge is 0.505 e. The van der Waals surface area contributed by atoms with Gasteiger partial charge >= 0.3 is 5.97 Å². The van der Waals surface area contributed by atoms with Gasteiger partial charge in [0.15, 0.2) is 11.6 Å². The molecule has 1 heterocycles. The number of nitrogens with zero attached hydrogens (tertiary/aromatic N) is 1. The summed E-state index contributed by atoms with van der Waals surface area (Å²) < 4.78 is 15.5. The van der Waals surface area contributed by atoms with Crippen LogP contribution in [0.4, 0.5) is 4.39 Å². The van der Waals surface area contributed by atoms with E-state index in [9.17, 15) is 24.2 Å². The number of carbonyl (C=O) groups excluding carboxylic acids is 1. The summed E-state index contributed by atoms with van der Waals surface area (Å²) in [5, 5.41) is 20.6. The highest BCUT2D eigenvalue weighted by Gasteiger charge is 2.33. The summed E-state index contributed by atoms with van der Waals surface area (Å²) in [5.74, 6) is -4.29. The fraction of sp³-hybridized carbons (Fsp3) is 0.273. The molecule has 8 heteroatoms. The second kappa shape index (κ2) is 8.28. The minimum atomic E-state index is -1.06. The zero-order chi connectivity index (χ0) is 22.3. The monoisotopic (exact) mass is 451 g/mol. The number of halogens is 3. The average molecular weight is 452 g/mol. The van der Waals surface area contributed by atoms with Gasteiger partial charge in [0.25, 0.3) is 5.91 Å². The molecule has 1 unspecified atom stereocenters. The molecule has 0 aliphatic rings. The number of carboxylic acids is 1. The van der Waals surface area contributed by atoms with Crippen molar-refractivity contribution in [1.82, 2.24) is 4.57 Å². The van der Waals surface area contributed by atoms with Crippen LogP contribution < -0.4 is 0 Å². The van der Waals surface area contributed by atoms with Crippen LogP contribution in [0.5, 0.6) is 5.75 Å². The average Bonchev–Trinajstić information content (AvgIpc) is 2.95. The number of phenols is 1. The van der Waals surface area contributed by atoms with E-state index in [0.717, 1.165) is 6.07 Å². The number of phenolic OH excluding ortho intramolecular Hbond substituents is 1. The molecular formula is C22H20Cl2FNO4. The first-order valence-electron chi connectivity index (χ1n) is 9.34. The molecule has 5 nitrogen and oxygen atoms in total. The number of fused-ring (bicyclic) bond motifs is 1. The summed E-state index contributed by atoms with van der Waals surface area (Å²) in [6.45, 7) is 5.27. The van der Waals surface area contributed by atoms with Crippen LogP contribution in [0.15, 0.2) is 30.3 Å². The number of hydrogen-bond donors (Lipinski definition) is 2. The van der Waals surface area contributed by atoms with Crippen LogP contribution in [0.1, 0.15) is 47.8 Å². The topological polar surface area (TPSA) is 79.5 Å². The third-order valence-corrected chi connectivity index (χ3v) is 6.22. The van der Waals surface area contributed by atoms with Crippen molar-refractivity contribution in [1.29, 1.82) is 0 Å². The van der Waals surface area contributed by atoms with Crippen molar-refractivity contribution in [2.75, 3.05) is 0 Å². The Labute approximate surface area is 182 Å². The maximum absolute atomic E-state index is 14.2. The quantitative estimate of drug-likeness (QED) is 0.498. The molecule has 0 saturated heterocycles. The van der Waals surface area contributed by atoms with E-state index >= 15 is 0 Å². The number of aromatic hydroxyl groups is 1. The lowest BCUT2D eigenvalue weighted by atomic mass is 9.84. The molecule has 0 radical (unpaired) electrons. The Morgan fingerprint density at radius 1 is 1.17 bits per heavy atom. The van der Waals surface area contributed by atoms with Crippen molar-refractivity contribution >= 4 is 46.0 Å². The first-order valence-corrected chi connectivity index (χ1v) is 10.1. The highest BCUT2D eigenvalue weighted by molar-refractivity contribution is 6.42. The van der Waals surface area contributed by atoms with Crippen LogP contribution in [-0.4, -0.2) is 26.7 Å². The van der Waals surface area contributed by atoms with Gasteiger partial charge in [-0.1, -0.05) is 43.5 Å². The molecule has 2 aromatic carbocycles. The van der Waals surface area contributed by atoms with E-state index in [1.165, 1.54) is 28.8 Å². The van der Waals surface area contributed by atoms with Crippen molar-refractivity contribution in [2.24, 2.45) is 5.92 Å². The van der Waals surface area contributed by atoms with Crippen molar-refractivity contribution in [3.63, 3.8) is 0 Å². The number of carboxylic acid groups (broad SMARTS) is 1. The van der Waals surface area contributed by atoms with E-state index in [1.807, 2.05) is 6.92 Å². The van der Waals surface area contributed by atoms with Gasteiger partial charge in [0.05, 0.1) is 21.5 Å². The molecule has 3 rings (SSSR count). The fourth-order valence-corrected chi connectivity index (χ4v) is 4.05. The van der Waals surface area contributed by atoms with Crippen molar-refractivity contribution < 1.29 is 24.2 Å². The predicted octanol–water partition coefficient (Wildman–Crippen LogP) is 6.00. The van der Waals surface area contributed by atoms with Gasteiger partial charge in [0.1, 0.15) is 0 Å². The Bertz CT molecular complexity index is 1170. The highest BCUT2D eigenvalue weighted by Crippen LogP contribution is 2.39. The molecule has 0 bridgehead atoms. The molecule has 2 N–H and O–H groups in total. The smallest absolute Gasteiger partial charge is 0.311 e. The van der Waals surface area contributed by atoms with Crippen LogP contribution in [-0.2, 0) is 4.79 Å². The summed E-state index contributed by atoms with van der Waals surface area (Å²) in [7, 11) is 0. The van der Waals surface area contributed by atoms with Gasteiger partial charge in [-0.15, -0.1) is 0 Å². The molecule has 0 fully saturated rings. The lowest BCUT2D eigenvalue weighted by Crippen LogP contribution is -2.21. The second-order valence-corrected chi connectivity index (χ2v) is 8.11. The highest BCUT2D eigenvalue weighted by atomic mass is 35.5. The minimum absolute atomic E-state index is 0.170. The van der Waals surface area contributed by atoms with Gasteiger partial charge in [0, 0.05) is 22.7 Å². The molecule has 3 aromatic rings. The van der Waals surface area contributed by atoms with Gasteiger partial charge in [0.2, 0.25) is 0 Å². The summed E-state index contributed by atoms with van der Waals surface area (Å²) in [4.78, 5) is 25.4. The molecule has 0 amide bonds. The van der Waals surface area contributed by atoms with Crippen molar-refractivity contribution in [2.45, 2.75) is 33.1 Å². The first kappa shape index (κ1) is 22.1. The van der Waals surface area contributed by atoms with Gasteiger partial charge < -0.3 is 10.2 Å². The summed E-state index contributed by atoms with van der Waals surface area (Å²) in [6, 6.07) is 6.57. The molecule has 0 aliphatic carbocycles. The van der Waals surface area contributed by atoms with E-state index in [-0.39, 0.29) is 27.0 Å². The van der Waals surface area contributed by atoms with Crippen LogP contribution in [0, 0.1) is 18.7 Å². The normalized spacial score (nSPS) is 13.4. The standard InChI is InChI=1S/C22H20Cl2FNO4/c1-4-10(2)19(22(29)30)20-11(3)26(17-9-16(25)18(27)8-13(17)20)21(28)12-5-6-14(23)15(24)7-12/h5-10,19,27H,4H2,1-3H3,(H,29,30)/t10?,19-/m1/s1. The summed E-state index contributed by atoms with van der Waals surface area (Å²) >= 11 is 12.0. The van der Waals surface area contributed by atoms with Gasteiger partial charge in [-0.25, -0.2) is 4.39 Å². The number of benzene rings is 2. The lowest BCUT2D eigenvalue weighted by molar-refractivity contribution is -0.140. The van der Waals surface area contributed by atoms with E-state index in [2.05, 4.69) is 0 Å². The zero-order valence-electron chi connectivity index (χ0n) is 16.5. The Balaban J connectivity index is 2.36. The molecular weight excluding hydrogens is 432 g/mol. The van der Waals surface area contributed by atoms with E-state index in [0.29, 0.717) is 23.1 Å². The molecule has 0 aliphatic heterocycles. The van der Waals surface area contributed by atoms with Crippen LogP contribution in [0.3, 0.4) is 0 Å². The maximum Gasteiger partial charge on any atom is 0.311 e. The lowest BCUT2D eigenvalue weighted by Gasteiger charge is -2.20. The third kappa shape index (κ3) is 3.66. The predicted molar refractivity (Wildman–Crippen MR) is 114 cm³/mol. The van der Waals surface area contributed by atoms with Crippen LogP contribution in [0.25, 0.3) is 10.9 Å². The molecule has 30 heavy (non-hydrogen) atoms. The summed E-state index contributed by atoms with van der Waals surface area (Å²) in [5.41, 5.74) is 1.11. The first-order chi connectivity index (χ1) is 14.1. The van der Waals surface area contributed by atoms with Crippen molar-refractivity contribution in [3.8, 4) is 5.75 Å². The number of aromatic nitrogens is 1. The Kier molecular flexibility index (Phi) is 6.11. The summed E-state index contributed by atoms with van der Waals surface area (Å²) in [6.07, 6.45) is 0.580. The van der Waals surface area contributed by atoms with E-state index < -0.39 is 29.4 Å². The Morgan fingerprint density at radius 2 is 1.83 bits per heavy atom. The van der Waals surface area contributed by atoms with Crippen LogP contribution >= 0.6 is 23.2 Å². The number of rotatable bonds is 5. The third-order valence-electron chi connectivity index (χ3n) is 5.48. The maximum atomic E-state index is 14.2. The molecule has 1 aromatic heterocycles. The second-order valence-electron chi connectivity index (χ2n) is 7.29. The van der Waals surface area contributed by atoms with Gasteiger partial charge in [-0.2, -0.15) is 0 Å². The molecule has 0 saturated carbocycles. The van der Waals surface area contributed by atoms with Crippen LogP contribution in [0.2, 0.25) is 10.0 Å².